The molecular formula is C24H38O4. The van der Waals surface area contributed by atoms with Gasteiger partial charge in [-0.1, -0.05) is 70.4 Å². The number of esters is 2. The second-order valence-electron chi connectivity index (χ2n) is 7.65. The van der Waals surface area contributed by atoms with E-state index in [2.05, 4.69) is 6.92 Å². The van der Waals surface area contributed by atoms with E-state index in [0.29, 0.717) is 18.8 Å². The van der Waals surface area contributed by atoms with E-state index in [4.69, 9.17) is 9.47 Å². The molecule has 1 rings (SSSR count). The van der Waals surface area contributed by atoms with Crippen LogP contribution in [-0.4, -0.2) is 18.5 Å². The largest absolute Gasteiger partial charge is 0.466 e. The first-order valence-corrected chi connectivity index (χ1v) is 11.0. The Labute approximate surface area is 171 Å². The lowest BCUT2D eigenvalue weighted by Gasteiger charge is -2.08. The Morgan fingerprint density at radius 1 is 0.786 bits per heavy atom. The van der Waals surface area contributed by atoms with E-state index in [0.717, 1.165) is 24.0 Å². The molecule has 0 aliphatic rings. The van der Waals surface area contributed by atoms with Crippen LogP contribution in [0.2, 0.25) is 0 Å². The first kappa shape index (κ1) is 24.2. The van der Waals surface area contributed by atoms with Crippen molar-refractivity contribution >= 4 is 11.9 Å². The first-order valence-electron chi connectivity index (χ1n) is 11.0. The highest BCUT2D eigenvalue weighted by atomic mass is 16.5. The van der Waals surface area contributed by atoms with Gasteiger partial charge in [0.25, 0.3) is 0 Å². The first-order chi connectivity index (χ1) is 13.5. The highest BCUT2D eigenvalue weighted by molar-refractivity contribution is 5.74. The Bertz CT molecular complexity index is 580. The molecule has 0 amide bonds. The maximum Gasteiger partial charge on any atom is 0.311 e. The van der Waals surface area contributed by atoms with Crippen molar-refractivity contribution in [2.45, 2.75) is 97.8 Å². The van der Waals surface area contributed by atoms with Crippen LogP contribution in [0.5, 0.6) is 5.75 Å². The highest BCUT2D eigenvalue weighted by Crippen LogP contribution is 2.20. The summed E-state index contributed by atoms with van der Waals surface area (Å²) < 4.78 is 10.6. The summed E-state index contributed by atoms with van der Waals surface area (Å²) in [5, 5.41) is 0. The summed E-state index contributed by atoms with van der Waals surface area (Å²) in [5.41, 5.74) is 1.98. The number of ether oxygens (including phenoxy) is 2. The van der Waals surface area contributed by atoms with Crippen molar-refractivity contribution < 1.29 is 19.1 Å². The van der Waals surface area contributed by atoms with E-state index in [1.807, 2.05) is 32.0 Å². The summed E-state index contributed by atoms with van der Waals surface area (Å²) >= 11 is 0. The summed E-state index contributed by atoms with van der Waals surface area (Å²) in [6, 6.07) is 5.77. The van der Waals surface area contributed by atoms with Gasteiger partial charge in [0, 0.05) is 12.8 Å². The Kier molecular flexibility index (Phi) is 13.1. The van der Waals surface area contributed by atoms with Crippen molar-refractivity contribution in [3.63, 3.8) is 0 Å². The molecule has 0 radical (unpaired) electrons. The molecule has 4 nitrogen and oxygen atoms in total. The molecule has 0 N–H and O–H groups in total. The van der Waals surface area contributed by atoms with E-state index in [1.54, 1.807) is 0 Å². The molecule has 0 aromatic heterocycles. The van der Waals surface area contributed by atoms with Gasteiger partial charge in [0.15, 0.2) is 0 Å². The Hall–Kier alpha value is -1.84. The fourth-order valence-corrected chi connectivity index (χ4v) is 3.04. The van der Waals surface area contributed by atoms with Gasteiger partial charge in [-0.3, -0.25) is 9.59 Å². The third kappa shape index (κ3) is 11.8. The van der Waals surface area contributed by atoms with Gasteiger partial charge in [0.05, 0.1) is 6.61 Å². The Balaban J connectivity index is 2.00. The lowest BCUT2D eigenvalue weighted by molar-refractivity contribution is -0.144. The molecule has 0 unspecified atom stereocenters. The number of carbonyl (C=O) groups excluding carboxylic acids is 2. The Morgan fingerprint density at radius 3 is 2.07 bits per heavy atom. The normalized spacial score (nSPS) is 10.7. The van der Waals surface area contributed by atoms with Gasteiger partial charge in [-0.05, 0) is 43.9 Å². The van der Waals surface area contributed by atoms with E-state index < -0.39 is 0 Å². The molecule has 0 bridgehead atoms. The molecule has 0 atom stereocenters. The topological polar surface area (TPSA) is 52.6 Å². The smallest absolute Gasteiger partial charge is 0.311 e. The van der Waals surface area contributed by atoms with Crippen LogP contribution in [0, 0.1) is 13.8 Å². The summed E-state index contributed by atoms with van der Waals surface area (Å²) in [6.45, 7) is 6.59. The quantitative estimate of drug-likeness (QED) is 0.196. The molecule has 0 spiro atoms. The van der Waals surface area contributed by atoms with Crippen molar-refractivity contribution in [2.24, 2.45) is 0 Å². The number of hydrogen-bond donors (Lipinski definition) is 0. The van der Waals surface area contributed by atoms with Crippen LogP contribution >= 0.6 is 0 Å². The van der Waals surface area contributed by atoms with Gasteiger partial charge >= 0.3 is 11.9 Å². The molecule has 0 aliphatic carbocycles. The third-order valence-electron chi connectivity index (χ3n) is 4.84. The fourth-order valence-electron chi connectivity index (χ4n) is 3.04. The molecule has 1 aromatic carbocycles. The van der Waals surface area contributed by atoms with Crippen LogP contribution in [0.1, 0.15) is 95.1 Å². The van der Waals surface area contributed by atoms with Crippen LogP contribution in [0.4, 0.5) is 0 Å². The number of hydrogen-bond acceptors (Lipinski definition) is 4. The van der Waals surface area contributed by atoms with Crippen LogP contribution in [0.3, 0.4) is 0 Å². The van der Waals surface area contributed by atoms with E-state index in [1.165, 1.54) is 44.9 Å². The van der Waals surface area contributed by atoms with E-state index >= 15 is 0 Å². The number of benzene rings is 1. The van der Waals surface area contributed by atoms with Gasteiger partial charge in [-0.25, -0.2) is 0 Å². The van der Waals surface area contributed by atoms with Gasteiger partial charge in [0.1, 0.15) is 5.75 Å². The average molecular weight is 391 g/mol. The van der Waals surface area contributed by atoms with Crippen LogP contribution in [0.15, 0.2) is 18.2 Å². The zero-order chi connectivity index (χ0) is 20.6. The minimum atomic E-state index is -0.305. The zero-order valence-electron chi connectivity index (χ0n) is 18.1. The number of aryl methyl sites for hydroxylation is 2. The molecule has 0 aliphatic heterocycles. The van der Waals surface area contributed by atoms with E-state index in [9.17, 15) is 9.59 Å². The van der Waals surface area contributed by atoms with Gasteiger partial charge < -0.3 is 9.47 Å². The minimum absolute atomic E-state index is 0.223. The number of rotatable bonds is 15. The molecule has 158 valence electrons. The molecule has 0 saturated carbocycles. The highest BCUT2D eigenvalue weighted by Gasteiger charge is 2.10. The van der Waals surface area contributed by atoms with Crippen molar-refractivity contribution in [2.75, 3.05) is 6.61 Å². The molecule has 4 heteroatoms. The maximum atomic E-state index is 11.9. The second kappa shape index (κ2) is 15.1. The van der Waals surface area contributed by atoms with Gasteiger partial charge in [-0.2, -0.15) is 0 Å². The van der Waals surface area contributed by atoms with Crippen LogP contribution in [-0.2, 0) is 14.3 Å². The molecule has 1 aromatic rings. The molecule has 0 saturated heterocycles. The van der Waals surface area contributed by atoms with Crippen molar-refractivity contribution in [1.82, 2.24) is 0 Å². The van der Waals surface area contributed by atoms with Gasteiger partial charge in [-0.15, -0.1) is 0 Å². The van der Waals surface area contributed by atoms with Crippen LogP contribution in [0.25, 0.3) is 0 Å². The third-order valence-corrected chi connectivity index (χ3v) is 4.84. The molecule has 0 fully saturated rings. The zero-order valence-corrected chi connectivity index (χ0v) is 18.1. The fraction of sp³-hybridized carbons (Fsp3) is 0.667. The van der Waals surface area contributed by atoms with Crippen molar-refractivity contribution in [1.29, 1.82) is 0 Å². The molecular weight excluding hydrogens is 352 g/mol. The lowest BCUT2D eigenvalue weighted by Crippen LogP contribution is -2.11. The summed E-state index contributed by atoms with van der Waals surface area (Å²) in [5.74, 6) is 0.0671. The lowest BCUT2D eigenvalue weighted by atomic mass is 10.1. The minimum Gasteiger partial charge on any atom is -0.466 e. The summed E-state index contributed by atoms with van der Waals surface area (Å²) in [7, 11) is 0. The summed E-state index contributed by atoms with van der Waals surface area (Å²) in [6.07, 6.45) is 12.1. The average Bonchev–Trinajstić information content (AvgIpc) is 2.66. The second-order valence-corrected chi connectivity index (χ2v) is 7.65. The van der Waals surface area contributed by atoms with Crippen LogP contribution < -0.4 is 4.74 Å². The number of carbonyl (C=O) groups is 2. The standard InChI is InChI=1S/C24H38O4/c1-4-5-6-7-8-9-10-11-12-18-27-23(25)14-13-15-24(26)28-22-19-20(2)16-17-21(22)3/h16-17,19H,4-15,18H2,1-3H3. The predicted octanol–water partition coefficient (Wildman–Crippen LogP) is 6.45. The van der Waals surface area contributed by atoms with Crippen molar-refractivity contribution in [3.05, 3.63) is 29.3 Å². The molecule has 0 heterocycles. The monoisotopic (exact) mass is 390 g/mol. The molecule has 28 heavy (non-hydrogen) atoms. The number of unbranched alkanes of at least 4 members (excludes halogenated alkanes) is 8. The SMILES string of the molecule is CCCCCCCCCCCOC(=O)CCCC(=O)Oc1cc(C)ccc1C. The predicted molar refractivity (Wildman–Crippen MR) is 114 cm³/mol. The maximum absolute atomic E-state index is 11.9. The Morgan fingerprint density at radius 2 is 1.39 bits per heavy atom. The summed E-state index contributed by atoms with van der Waals surface area (Å²) in [4.78, 5) is 23.7. The van der Waals surface area contributed by atoms with E-state index in [-0.39, 0.29) is 24.8 Å². The van der Waals surface area contributed by atoms with Crippen molar-refractivity contribution in [3.8, 4) is 5.75 Å². The van der Waals surface area contributed by atoms with Gasteiger partial charge in [0.2, 0.25) is 0 Å².